The Kier molecular flexibility index (Phi) is 6.77. The summed E-state index contributed by atoms with van der Waals surface area (Å²) in [6, 6.07) is 10.1. The van der Waals surface area contributed by atoms with Gasteiger partial charge in [-0.3, -0.25) is 14.9 Å². The average molecular weight is 405 g/mol. The Morgan fingerprint density at radius 1 is 1.21 bits per heavy atom. The molecule has 0 radical (unpaired) electrons. The van der Waals surface area contributed by atoms with Gasteiger partial charge >= 0.3 is 0 Å². The van der Waals surface area contributed by atoms with Crippen LogP contribution in [0, 0.1) is 10.1 Å². The standard InChI is InChI=1S/C20H26N4O3S/c1-3-22-10-12-23(13-11-22)19(18-5-4-14-28-18)15(2)21-20(25)16-6-8-17(9-7-16)24(26)27/h4-9,14-15,19H,3,10-13H2,1-2H3,(H,21,25)/p+2/t15-,19-/m1/s1. The first-order chi connectivity index (χ1) is 13.5. The molecule has 0 saturated carbocycles. The molecular formula is C20H28N4O3S+2. The van der Waals surface area contributed by atoms with Gasteiger partial charge in [0.1, 0.15) is 32.2 Å². The fourth-order valence-corrected chi connectivity index (χ4v) is 4.96. The van der Waals surface area contributed by atoms with Crippen LogP contribution in [0.15, 0.2) is 41.8 Å². The van der Waals surface area contributed by atoms with Gasteiger partial charge in [0.15, 0.2) is 0 Å². The zero-order valence-electron chi connectivity index (χ0n) is 16.3. The van der Waals surface area contributed by atoms with Crippen LogP contribution in [0.4, 0.5) is 5.69 Å². The summed E-state index contributed by atoms with van der Waals surface area (Å²) in [4.78, 5) is 27.5. The highest BCUT2D eigenvalue weighted by Gasteiger charge is 2.35. The van der Waals surface area contributed by atoms with Gasteiger partial charge in [-0.05, 0) is 37.4 Å². The van der Waals surface area contributed by atoms with E-state index in [9.17, 15) is 14.9 Å². The molecule has 8 heteroatoms. The molecule has 1 aliphatic rings. The van der Waals surface area contributed by atoms with Gasteiger partial charge < -0.3 is 15.1 Å². The molecule has 2 aromatic rings. The summed E-state index contributed by atoms with van der Waals surface area (Å²) in [5.41, 5.74) is 0.430. The first-order valence-electron chi connectivity index (χ1n) is 9.76. The van der Waals surface area contributed by atoms with Gasteiger partial charge in [0, 0.05) is 17.7 Å². The lowest BCUT2D eigenvalue weighted by Gasteiger charge is -2.36. The van der Waals surface area contributed by atoms with Crippen LogP contribution in [-0.2, 0) is 0 Å². The van der Waals surface area contributed by atoms with Crippen LogP contribution in [0.3, 0.4) is 0 Å². The Bertz CT molecular complexity index is 786. The average Bonchev–Trinajstić information content (AvgIpc) is 3.23. The monoisotopic (exact) mass is 404 g/mol. The van der Waals surface area contributed by atoms with E-state index in [2.05, 4.69) is 36.7 Å². The van der Waals surface area contributed by atoms with Gasteiger partial charge in [0.05, 0.1) is 22.4 Å². The summed E-state index contributed by atoms with van der Waals surface area (Å²) in [5.74, 6) is -0.193. The molecule has 1 saturated heterocycles. The van der Waals surface area contributed by atoms with Crippen molar-refractivity contribution >= 4 is 22.9 Å². The number of hydrogen-bond acceptors (Lipinski definition) is 4. The van der Waals surface area contributed by atoms with Crippen molar-refractivity contribution in [2.75, 3.05) is 32.7 Å². The number of non-ortho nitro benzene ring substituents is 1. The predicted octanol–water partition coefficient (Wildman–Crippen LogP) is 0.319. The molecule has 1 aliphatic heterocycles. The van der Waals surface area contributed by atoms with E-state index < -0.39 is 4.92 Å². The largest absolute Gasteiger partial charge is 0.343 e. The molecule has 2 heterocycles. The molecule has 150 valence electrons. The maximum absolute atomic E-state index is 12.7. The molecule has 1 aromatic carbocycles. The summed E-state index contributed by atoms with van der Waals surface area (Å²) in [6.45, 7) is 9.91. The highest BCUT2D eigenvalue weighted by Crippen LogP contribution is 2.20. The summed E-state index contributed by atoms with van der Waals surface area (Å²) in [7, 11) is 0. The smallest absolute Gasteiger partial charge is 0.269 e. The third-order valence-electron chi connectivity index (χ3n) is 5.59. The van der Waals surface area contributed by atoms with Crippen molar-refractivity contribution in [3.63, 3.8) is 0 Å². The second-order valence-corrected chi connectivity index (χ2v) is 8.30. The van der Waals surface area contributed by atoms with E-state index in [1.54, 1.807) is 16.2 Å². The van der Waals surface area contributed by atoms with Crippen molar-refractivity contribution in [2.24, 2.45) is 0 Å². The van der Waals surface area contributed by atoms with Crippen molar-refractivity contribution in [1.29, 1.82) is 0 Å². The van der Waals surface area contributed by atoms with Crippen LogP contribution in [0.5, 0.6) is 0 Å². The Morgan fingerprint density at radius 2 is 1.89 bits per heavy atom. The van der Waals surface area contributed by atoms with Crippen molar-refractivity contribution in [3.05, 3.63) is 62.3 Å². The van der Waals surface area contributed by atoms with E-state index in [-0.39, 0.29) is 23.7 Å². The maximum Gasteiger partial charge on any atom is 0.269 e. The minimum atomic E-state index is -0.460. The molecule has 1 aromatic heterocycles. The van der Waals surface area contributed by atoms with Crippen molar-refractivity contribution in [1.82, 2.24) is 5.32 Å². The summed E-state index contributed by atoms with van der Waals surface area (Å²) >= 11 is 1.73. The molecule has 3 N–H and O–H groups in total. The van der Waals surface area contributed by atoms with E-state index in [0.29, 0.717) is 5.56 Å². The number of nitrogens with one attached hydrogen (secondary N) is 3. The van der Waals surface area contributed by atoms with Crippen LogP contribution >= 0.6 is 11.3 Å². The van der Waals surface area contributed by atoms with Crippen molar-refractivity contribution in [3.8, 4) is 0 Å². The number of benzene rings is 1. The van der Waals surface area contributed by atoms with E-state index in [1.165, 1.54) is 34.0 Å². The number of piperazine rings is 1. The molecule has 0 aliphatic carbocycles. The van der Waals surface area contributed by atoms with E-state index in [4.69, 9.17) is 0 Å². The number of nitro groups is 1. The topological polar surface area (TPSA) is 81.1 Å². The number of thiophene rings is 1. The lowest BCUT2D eigenvalue weighted by molar-refractivity contribution is -1.03. The van der Waals surface area contributed by atoms with Gasteiger partial charge in [-0.1, -0.05) is 6.07 Å². The number of likely N-dealkylation sites (N-methyl/N-ethyl adjacent to an activating group) is 1. The summed E-state index contributed by atoms with van der Waals surface area (Å²) in [6.07, 6.45) is 0. The summed E-state index contributed by atoms with van der Waals surface area (Å²) < 4.78 is 0. The van der Waals surface area contributed by atoms with E-state index in [0.717, 1.165) is 32.7 Å². The molecule has 0 bridgehead atoms. The van der Waals surface area contributed by atoms with Crippen LogP contribution < -0.4 is 15.1 Å². The lowest BCUT2D eigenvalue weighted by atomic mass is 10.0. The fourth-order valence-electron chi connectivity index (χ4n) is 3.97. The Balaban J connectivity index is 1.71. The predicted molar refractivity (Wildman–Crippen MR) is 109 cm³/mol. The lowest BCUT2D eigenvalue weighted by Crippen LogP contribution is -3.28. The quantitative estimate of drug-likeness (QED) is 0.459. The first-order valence-corrected chi connectivity index (χ1v) is 10.6. The number of carbonyl (C=O) groups is 1. The number of nitrogens with zero attached hydrogens (tertiary/aromatic N) is 1. The Morgan fingerprint density at radius 3 is 2.43 bits per heavy atom. The number of carbonyl (C=O) groups excluding carboxylic acids is 1. The van der Waals surface area contributed by atoms with Gasteiger partial charge in [0.2, 0.25) is 0 Å². The second-order valence-electron chi connectivity index (χ2n) is 7.32. The Hall–Kier alpha value is -2.29. The third-order valence-corrected chi connectivity index (χ3v) is 6.54. The molecule has 0 unspecified atom stereocenters. The SMILES string of the molecule is CC[NH+]1CC[NH+]([C@@H](c2cccs2)[C@@H](C)NC(=O)c2ccc([N+](=O)[O-])cc2)CC1. The molecule has 1 amide bonds. The van der Waals surface area contributed by atoms with Crippen LogP contribution in [0.25, 0.3) is 0 Å². The highest BCUT2D eigenvalue weighted by atomic mass is 32.1. The van der Waals surface area contributed by atoms with Gasteiger partial charge in [0.25, 0.3) is 11.6 Å². The van der Waals surface area contributed by atoms with Crippen molar-refractivity contribution < 1.29 is 19.5 Å². The Labute approximate surface area is 169 Å². The first kappa shape index (κ1) is 20.4. The molecule has 7 nitrogen and oxygen atoms in total. The number of amides is 1. The van der Waals surface area contributed by atoms with Gasteiger partial charge in [-0.2, -0.15) is 0 Å². The maximum atomic E-state index is 12.7. The number of rotatable bonds is 7. The molecule has 0 spiro atoms. The van der Waals surface area contributed by atoms with E-state index >= 15 is 0 Å². The number of nitro benzene ring substituents is 1. The minimum absolute atomic E-state index is 0.0122. The molecule has 2 atom stereocenters. The zero-order valence-corrected chi connectivity index (χ0v) is 17.1. The molecule has 3 rings (SSSR count). The minimum Gasteiger partial charge on any atom is -0.343 e. The molecule has 1 fully saturated rings. The van der Waals surface area contributed by atoms with Crippen LogP contribution in [-0.4, -0.2) is 49.6 Å². The fraction of sp³-hybridized carbons (Fsp3) is 0.450. The van der Waals surface area contributed by atoms with Gasteiger partial charge in [-0.15, -0.1) is 11.3 Å². The van der Waals surface area contributed by atoms with Crippen molar-refractivity contribution in [2.45, 2.75) is 25.9 Å². The molecular weight excluding hydrogens is 376 g/mol. The third kappa shape index (κ3) is 4.76. The summed E-state index contributed by atoms with van der Waals surface area (Å²) in [5, 5.41) is 16.0. The van der Waals surface area contributed by atoms with Crippen LogP contribution in [0.2, 0.25) is 0 Å². The highest BCUT2D eigenvalue weighted by molar-refractivity contribution is 7.10. The number of quaternary nitrogens is 2. The van der Waals surface area contributed by atoms with Crippen LogP contribution in [0.1, 0.15) is 35.1 Å². The van der Waals surface area contributed by atoms with Gasteiger partial charge in [-0.25, -0.2) is 0 Å². The second kappa shape index (κ2) is 9.27. The van der Waals surface area contributed by atoms with E-state index in [1.807, 2.05) is 0 Å². The molecule has 28 heavy (non-hydrogen) atoms. The zero-order chi connectivity index (χ0) is 20.1. The number of hydrogen-bond donors (Lipinski definition) is 3. The normalized spacial score (nSPS) is 21.6.